The van der Waals surface area contributed by atoms with Gasteiger partial charge in [0.1, 0.15) is 0 Å². The highest BCUT2D eigenvalue weighted by Crippen LogP contribution is 2.46. The van der Waals surface area contributed by atoms with Gasteiger partial charge in [-0.05, 0) is 24.0 Å². The van der Waals surface area contributed by atoms with Crippen molar-refractivity contribution < 1.29 is 14.1 Å². The van der Waals surface area contributed by atoms with Gasteiger partial charge in [0.2, 0.25) is 0 Å². The lowest BCUT2D eigenvalue weighted by Crippen LogP contribution is -2.45. The fraction of sp³-hybridized carbons (Fsp3) is 0.462. The quantitative estimate of drug-likeness (QED) is 0.779. The standard InChI is InChI=1S/C13H15NO3S/c15-12(16)14-7-5-13(6-8-14)11-4-2-1-3-10(11)9-18(13)17/h1-4H,5-9H2,(H,15,16)/t18-/m1/s1. The van der Waals surface area contributed by atoms with E-state index in [1.807, 2.05) is 18.2 Å². The average molecular weight is 265 g/mol. The lowest BCUT2D eigenvalue weighted by Gasteiger charge is -2.37. The fourth-order valence-electron chi connectivity index (χ4n) is 3.05. The molecule has 96 valence electrons. The van der Waals surface area contributed by atoms with Gasteiger partial charge in [0.25, 0.3) is 0 Å². The minimum absolute atomic E-state index is 0.303. The summed E-state index contributed by atoms with van der Waals surface area (Å²) in [4.78, 5) is 12.4. The zero-order valence-corrected chi connectivity index (χ0v) is 10.8. The summed E-state index contributed by atoms with van der Waals surface area (Å²) < 4.78 is 12.1. The summed E-state index contributed by atoms with van der Waals surface area (Å²) in [5.74, 6) is 0.614. The first-order valence-electron chi connectivity index (χ1n) is 6.08. The molecule has 0 aliphatic carbocycles. The first kappa shape index (κ1) is 11.7. The summed E-state index contributed by atoms with van der Waals surface area (Å²) in [6.45, 7) is 0.963. The van der Waals surface area contributed by atoms with Crippen molar-refractivity contribution in [3.63, 3.8) is 0 Å². The molecule has 0 aromatic heterocycles. The van der Waals surface area contributed by atoms with E-state index in [-0.39, 0.29) is 4.75 Å². The van der Waals surface area contributed by atoms with E-state index in [0.29, 0.717) is 31.7 Å². The fourth-order valence-corrected chi connectivity index (χ4v) is 4.94. The van der Waals surface area contributed by atoms with E-state index in [9.17, 15) is 9.00 Å². The minimum atomic E-state index is -0.912. The van der Waals surface area contributed by atoms with Crippen molar-refractivity contribution >= 4 is 16.9 Å². The molecule has 3 rings (SSSR count). The van der Waals surface area contributed by atoms with E-state index in [1.54, 1.807) is 0 Å². The molecule has 1 spiro atoms. The van der Waals surface area contributed by atoms with Crippen molar-refractivity contribution in [3.8, 4) is 0 Å². The Morgan fingerprint density at radius 2 is 1.94 bits per heavy atom. The SMILES string of the molecule is O=C(O)N1CCC2(CC1)c1ccccc1C[S@]2=O. The number of hydrogen-bond acceptors (Lipinski definition) is 2. The Kier molecular flexibility index (Phi) is 2.66. The van der Waals surface area contributed by atoms with Crippen molar-refractivity contribution in [1.29, 1.82) is 0 Å². The molecular formula is C13H15NO3S. The molecular weight excluding hydrogens is 250 g/mol. The topological polar surface area (TPSA) is 57.6 Å². The van der Waals surface area contributed by atoms with Crippen LogP contribution in [0.1, 0.15) is 24.0 Å². The third-order valence-corrected chi connectivity index (χ3v) is 6.15. The summed E-state index contributed by atoms with van der Waals surface area (Å²) in [6, 6.07) is 8.04. The lowest BCUT2D eigenvalue weighted by atomic mass is 9.86. The maximum Gasteiger partial charge on any atom is 0.407 e. The van der Waals surface area contributed by atoms with Gasteiger partial charge in [-0.25, -0.2) is 4.79 Å². The Balaban J connectivity index is 1.93. The van der Waals surface area contributed by atoms with Gasteiger partial charge in [0, 0.05) is 29.6 Å². The zero-order valence-electron chi connectivity index (χ0n) is 9.96. The number of rotatable bonds is 0. The smallest absolute Gasteiger partial charge is 0.407 e. The Morgan fingerprint density at radius 3 is 2.61 bits per heavy atom. The van der Waals surface area contributed by atoms with E-state index >= 15 is 0 Å². The van der Waals surface area contributed by atoms with Crippen LogP contribution in [0.25, 0.3) is 0 Å². The van der Waals surface area contributed by atoms with Crippen LogP contribution in [0.15, 0.2) is 24.3 Å². The van der Waals surface area contributed by atoms with Crippen molar-refractivity contribution in [2.75, 3.05) is 13.1 Å². The van der Waals surface area contributed by atoms with Gasteiger partial charge >= 0.3 is 6.09 Å². The number of carboxylic acid groups (broad SMARTS) is 1. The lowest BCUT2D eigenvalue weighted by molar-refractivity contribution is 0.128. The molecule has 1 atom stereocenters. The maximum atomic E-state index is 12.4. The molecule has 0 bridgehead atoms. The van der Waals surface area contributed by atoms with Crippen LogP contribution in [0.3, 0.4) is 0 Å². The second-order valence-corrected chi connectivity index (χ2v) is 6.67. The van der Waals surface area contributed by atoms with E-state index in [2.05, 4.69) is 6.07 Å². The monoisotopic (exact) mass is 265 g/mol. The molecule has 1 amide bonds. The van der Waals surface area contributed by atoms with Crippen molar-refractivity contribution in [1.82, 2.24) is 4.90 Å². The van der Waals surface area contributed by atoms with Crippen LogP contribution in [0.2, 0.25) is 0 Å². The van der Waals surface area contributed by atoms with Crippen LogP contribution >= 0.6 is 0 Å². The summed E-state index contributed by atoms with van der Waals surface area (Å²) in [5.41, 5.74) is 2.34. The molecule has 0 saturated carbocycles. The van der Waals surface area contributed by atoms with Gasteiger partial charge in [0.05, 0.1) is 4.75 Å². The zero-order chi connectivity index (χ0) is 12.8. The second kappa shape index (κ2) is 4.09. The van der Waals surface area contributed by atoms with Crippen LogP contribution in [0, 0.1) is 0 Å². The molecule has 0 unspecified atom stereocenters. The molecule has 5 heteroatoms. The summed E-state index contributed by atoms with van der Waals surface area (Å²) in [6.07, 6.45) is 0.466. The molecule has 1 aromatic carbocycles. The number of nitrogens with zero attached hydrogens (tertiary/aromatic N) is 1. The van der Waals surface area contributed by atoms with E-state index in [0.717, 1.165) is 0 Å². The highest BCUT2D eigenvalue weighted by molar-refractivity contribution is 7.85. The first-order chi connectivity index (χ1) is 8.63. The summed E-state index contributed by atoms with van der Waals surface area (Å²) in [7, 11) is -0.912. The van der Waals surface area contributed by atoms with Crippen LogP contribution < -0.4 is 0 Å². The minimum Gasteiger partial charge on any atom is -0.465 e. The Bertz CT molecular complexity index is 521. The van der Waals surface area contributed by atoms with Crippen LogP contribution in [0.4, 0.5) is 4.79 Å². The summed E-state index contributed by atoms with van der Waals surface area (Å²) in [5, 5.41) is 8.98. The number of carbonyl (C=O) groups is 1. The van der Waals surface area contributed by atoms with Crippen molar-refractivity contribution in [2.45, 2.75) is 23.3 Å². The van der Waals surface area contributed by atoms with Crippen molar-refractivity contribution in [3.05, 3.63) is 35.4 Å². The highest BCUT2D eigenvalue weighted by atomic mass is 32.2. The highest BCUT2D eigenvalue weighted by Gasteiger charge is 2.47. The molecule has 0 radical (unpaired) electrons. The molecule has 2 heterocycles. The third-order valence-electron chi connectivity index (χ3n) is 4.07. The van der Waals surface area contributed by atoms with Crippen molar-refractivity contribution in [2.24, 2.45) is 0 Å². The Labute approximate surface area is 108 Å². The molecule has 1 saturated heterocycles. The molecule has 1 aromatic rings. The summed E-state index contributed by atoms with van der Waals surface area (Å²) >= 11 is 0. The maximum absolute atomic E-state index is 12.4. The number of benzene rings is 1. The molecule has 18 heavy (non-hydrogen) atoms. The molecule has 1 fully saturated rings. The molecule has 1 N–H and O–H groups in total. The number of amides is 1. The third kappa shape index (κ3) is 1.57. The van der Waals surface area contributed by atoms with E-state index in [4.69, 9.17) is 5.11 Å². The van der Waals surface area contributed by atoms with Crippen LogP contribution in [0.5, 0.6) is 0 Å². The average Bonchev–Trinajstić information content (AvgIpc) is 2.64. The second-order valence-electron chi connectivity index (χ2n) is 4.91. The van der Waals surface area contributed by atoms with Gasteiger partial charge in [-0.1, -0.05) is 24.3 Å². The largest absolute Gasteiger partial charge is 0.465 e. The van der Waals surface area contributed by atoms with Gasteiger partial charge < -0.3 is 10.0 Å². The Morgan fingerprint density at radius 1 is 1.28 bits per heavy atom. The predicted octanol–water partition coefficient (Wildman–Crippen LogP) is 1.92. The number of hydrogen-bond donors (Lipinski definition) is 1. The normalized spacial score (nSPS) is 25.1. The van der Waals surface area contributed by atoms with Crippen LogP contribution in [-0.4, -0.2) is 33.4 Å². The first-order valence-corrected chi connectivity index (χ1v) is 7.40. The molecule has 2 aliphatic rings. The van der Waals surface area contributed by atoms with E-state index < -0.39 is 16.9 Å². The number of piperidine rings is 1. The number of likely N-dealkylation sites (tertiary alicyclic amines) is 1. The van der Waals surface area contributed by atoms with Gasteiger partial charge in [0.15, 0.2) is 0 Å². The van der Waals surface area contributed by atoms with Gasteiger partial charge in [-0.3, -0.25) is 4.21 Å². The van der Waals surface area contributed by atoms with Crippen LogP contribution in [-0.2, 0) is 21.3 Å². The van der Waals surface area contributed by atoms with Gasteiger partial charge in [-0.15, -0.1) is 0 Å². The molecule has 4 nitrogen and oxygen atoms in total. The number of fused-ring (bicyclic) bond motifs is 2. The Hall–Kier alpha value is -1.36. The molecule has 2 aliphatic heterocycles. The predicted molar refractivity (Wildman–Crippen MR) is 68.8 cm³/mol. The van der Waals surface area contributed by atoms with E-state index in [1.165, 1.54) is 16.0 Å². The van der Waals surface area contributed by atoms with Gasteiger partial charge in [-0.2, -0.15) is 0 Å².